The van der Waals surface area contributed by atoms with Crippen LogP contribution in [0, 0.1) is 0 Å². The molecule has 45 heavy (non-hydrogen) atoms. The zero-order chi connectivity index (χ0) is 30.9. The van der Waals surface area contributed by atoms with Crippen LogP contribution in [-0.4, -0.2) is 47.1 Å². The van der Waals surface area contributed by atoms with Gasteiger partial charge in [-0.2, -0.15) is 0 Å². The van der Waals surface area contributed by atoms with Crippen LogP contribution in [0.1, 0.15) is 135 Å². The Balaban J connectivity index is 1.24. The van der Waals surface area contributed by atoms with E-state index in [1.165, 1.54) is 154 Å². The highest BCUT2D eigenvalue weighted by atomic mass is 16.1. The second-order valence-corrected chi connectivity index (χ2v) is 14.0. The summed E-state index contributed by atoms with van der Waals surface area (Å²) < 4.78 is 0. The lowest BCUT2D eigenvalue weighted by Crippen LogP contribution is -2.36. The lowest BCUT2D eigenvalue weighted by molar-refractivity contribution is 0.281. The second-order valence-electron chi connectivity index (χ2n) is 14.0. The highest BCUT2D eigenvalue weighted by Crippen LogP contribution is 2.28. The Morgan fingerprint density at radius 3 is 1.78 bits per heavy atom. The van der Waals surface area contributed by atoms with Crippen molar-refractivity contribution in [3.63, 3.8) is 0 Å². The number of benzene rings is 2. The number of aromatic amines is 1. The van der Waals surface area contributed by atoms with E-state index in [4.69, 9.17) is 4.98 Å². The molecule has 2 aromatic carbocycles. The molecule has 5 nitrogen and oxygen atoms in total. The van der Waals surface area contributed by atoms with E-state index < -0.39 is 0 Å². The number of nitrogens with zero attached hydrogens (tertiary/aromatic N) is 3. The van der Waals surface area contributed by atoms with Crippen molar-refractivity contribution in [2.75, 3.05) is 31.1 Å². The molecule has 2 saturated heterocycles. The predicted molar refractivity (Wildman–Crippen MR) is 192 cm³/mol. The van der Waals surface area contributed by atoms with E-state index >= 15 is 0 Å². The highest BCUT2D eigenvalue weighted by molar-refractivity contribution is 5.83. The van der Waals surface area contributed by atoms with Crippen molar-refractivity contribution in [2.45, 2.75) is 141 Å². The number of aromatic nitrogens is 2. The lowest BCUT2D eigenvalue weighted by atomic mass is 10.0. The Kier molecular flexibility index (Phi) is 14.3. The maximum absolute atomic E-state index is 13.3. The third-order valence-corrected chi connectivity index (χ3v) is 10.5. The Hall–Kier alpha value is -2.66. The zero-order valence-corrected chi connectivity index (χ0v) is 28.1. The minimum absolute atomic E-state index is 0.0501. The summed E-state index contributed by atoms with van der Waals surface area (Å²) in [5.74, 6) is 0.637. The highest BCUT2D eigenvalue weighted by Gasteiger charge is 2.24. The molecule has 2 unspecified atom stereocenters. The average molecular weight is 613 g/mol. The van der Waals surface area contributed by atoms with Gasteiger partial charge < -0.3 is 14.8 Å². The molecule has 3 aromatic rings. The van der Waals surface area contributed by atoms with Crippen LogP contribution in [0.2, 0.25) is 0 Å². The smallest absolute Gasteiger partial charge is 0.259 e. The van der Waals surface area contributed by atoms with Crippen LogP contribution < -0.4 is 10.5 Å². The van der Waals surface area contributed by atoms with Gasteiger partial charge in [-0.15, -0.1) is 0 Å². The summed E-state index contributed by atoms with van der Waals surface area (Å²) in [5.41, 5.74) is 2.84. The molecule has 1 aromatic heterocycles. The predicted octanol–water partition coefficient (Wildman–Crippen LogP) is 10.3. The van der Waals surface area contributed by atoms with Crippen molar-refractivity contribution in [3.05, 3.63) is 58.9 Å². The Bertz CT molecular complexity index is 1300. The standard InChI is InChI=1S/C40H60N4O/c45-40-37-33-36(26-27-38(37)41-39(42-40)34-23-19-18-20-24-34)44-32-31-43-29-22-17-15-13-11-9-7-5-3-1-2-4-6-8-10-12-14-16-21-25-35(44)28-30-43/h18-20,23-24,26-27,33,35H,1-17,21-22,25,28-32H2,(H,41,42,45). The molecule has 1 N–H and O–H groups in total. The fourth-order valence-electron chi connectivity index (χ4n) is 7.65. The molecule has 2 aliphatic heterocycles. The molecule has 5 rings (SSSR count). The van der Waals surface area contributed by atoms with Gasteiger partial charge >= 0.3 is 0 Å². The van der Waals surface area contributed by atoms with Crippen molar-refractivity contribution in [1.29, 1.82) is 0 Å². The first-order valence-electron chi connectivity index (χ1n) is 18.9. The number of anilines is 1. The third kappa shape index (κ3) is 11.0. The minimum Gasteiger partial charge on any atom is -0.367 e. The van der Waals surface area contributed by atoms with Gasteiger partial charge in [0, 0.05) is 36.9 Å². The second kappa shape index (κ2) is 19.1. The van der Waals surface area contributed by atoms with Crippen LogP contribution in [0.4, 0.5) is 5.69 Å². The van der Waals surface area contributed by atoms with E-state index in [1.54, 1.807) is 0 Å². The summed E-state index contributed by atoms with van der Waals surface area (Å²) in [7, 11) is 0. The number of fused-ring (bicyclic) bond motifs is 4. The van der Waals surface area contributed by atoms with Crippen LogP contribution >= 0.6 is 0 Å². The molecule has 0 amide bonds. The zero-order valence-electron chi connectivity index (χ0n) is 28.1. The van der Waals surface area contributed by atoms with Gasteiger partial charge in [-0.3, -0.25) is 4.79 Å². The molecule has 2 bridgehead atoms. The van der Waals surface area contributed by atoms with E-state index in [0.717, 1.165) is 24.2 Å². The quantitative estimate of drug-likeness (QED) is 0.313. The van der Waals surface area contributed by atoms with E-state index in [-0.39, 0.29) is 5.56 Å². The van der Waals surface area contributed by atoms with Crippen molar-refractivity contribution < 1.29 is 0 Å². The molecular formula is C40H60N4O. The van der Waals surface area contributed by atoms with Crippen LogP contribution in [0.15, 0.2) is 53.3 Å². The molecule has 5 heteroatoms. The summed E-state index contributed by atoms with van der Waals surface area (Å²) in [5, 5.41) is 0.693. The molecule has 0 aliphatic carbocycles. The van der Waals surface area contributed by atoms with Gasteiger partial charge in [-0.25, -0.2) is 4.98 Å². The fraction of sp³-hybridized carbons (Fsp3) is 0.650. The van der Waals surface area contributed by atoms with Crippen molar-refractivity contribution in [3.8, 4) is 11.4 Å². The number of hydrogen-bond donors (Lipinski definition) is 1. The first kappa shape index (κ1) is 33.7. The van der Waals surface area contributed by atoms with E-state index in [1.807, 2.05) is 30.3 Å². The van der Waals surface area contributed by atoms with Gasteiger partial charge in [0.1, 0.15) is 5.82 Å². The molecule has 0 saturated carbocycles. The Labute approximate surface area is 273 Å². The van der Waals surface area contributed by atoms with Gasteiger partial charge in [0.05, 0.1) is 10.9 Å². The molecule has 2 aliphatic rings. The summed E-state index contributed by atoms with van der Waals surface area (Å²) >= 11 is 0. The maximum Gasteiger partial charge on any atom is 0.259 e. The molecule has 0 spiro atoms. The van der Waals surface area contributed by atoms with E-state index in [9.17, 15) is 4.79 Å². The number of rotatable bonds is 2. The van der Waals surface area contributed by atoms with Crippen LogP contribution in [-0.2, 0) is 0 Å². The van der Waals surface area contributed by atoms with Gasteiger partial charge in [0.15, 0.2) is 0 Å². The van der Waals surface area contributed by atoms with Gasteiger partial charge in [-0.05, 0) is 44.0 Å². The monoisotopic (exact) mass is 612 g/mol. The Morgan fingerprint density at radius 2 is 1.16 bits per heavy atom. The van der Waals surface area contributed by atoms with Crippen LogP contribution in [0.25, 0.3) is 22.3 Å². The normalized spacial score (nSPS) is 23.2. The summed E-state index contributed by atoms with van der Waals surface area (Å²) in [6.45, 7) is 4.56. The van der Waals surface area contributed by atoms with E-state index in [0.29, 0.717) is 17.3 Å². The average Bonchev–Trinajstić information content (AvgIpc) is 3.27. The molecule has 0 radical (unpaired) electrons. The van der Waals surface area contributed by atoms with Gasteiger partial charge in [-0.1, -0.05) is 146 Å². The van der Waals surface area contributed by atoms with Gasteiger partial charge in [0.25, 0.3) is 5.56 Å². The van der Waals surface area contributed by atoms with Crippen LogP contribution in [0.3, 0.4) is 0 Å². The number of H-pyrrole nitrogens is 1. The maximum atomic E-state index is 13.3. The first-order valence-corrected chi connectivity index (χ1v) is 18.9. The molecule has 2 atom stereocenters. The minimum atomic E-state index is -0.0501. The molecular weight excluding hydrogens is 552 g/mol. The summed E-state index contributed by atoms with van der Waals surface area (Å²) in [6, 6.07) is 16.9. The lowest BCUT2D eigenvalue weighted by Gasteiger charge is -2.32. The fourth-order valence-corrected chi connectivity index (χ4v) is 7.65. The number of hydrogen-bond acceptors (Lipinski definition) is 4. The topological polar surface area (TPSA) is 52.2 Å². The summed E-state index contributed by atoms with van der Waals surface area (Å²) in [4.78, 5) is 26.5. The van der Waals surface area contributed by atoms with Crippen molar-refractivity contribution in [2.24, 2.45) is 0 Å². The van der Waals surface area contributed by atoms with Crippen LogP contribution in [0.5, 0.6) is 0 Å². The molecule has 246 valence electrons. The van der Waals surface area contributed by atoms with E-state index in [2.05, 4.69) is 33.0 Å². The van der Waals surface area contributed by atoms with Crippen molar-refractivity contribution in [1.82, 2.24) is 14.9 Å². The molecule has 3 heterocycles. The van der Waals surface area contributed by atoms with Gasteiger partial charge in [0.2, 0.25) is 0 Å². The Morgan fingerprint density at radius 1 is 0.578 bits per heavy atom. The largest absolute Gasteiger partial charge is 0.367 e. The SMILES string of the molecule is O=c1[nH]c(-c2ccccc2)nc2ccc(N3CCN4CCCCCCCCCCCCCCCCCCCCCC3CC4)cc12. The molecule has 2 fully saturated rings. The van der Waals surface area contributed by atoms with Crippen molar-refractivity contribution >= 4 is 16.6 Å². The summed E-state index contributed by atoms with van der Waals surface area (Å²) in [6.07, 6.45) is 29.2. The first-order chi connectivity index (χ1) is 22.3. The number of nitrogens with one attached hydrogen (secondary N) is 1. The third-order valence-electron chi connectivity index (χ3n) is 10.5.